The monoisotopic (exact) mass is 293 g/mol. The van der Waals surface area contributed by atoms with Crippen molar-refractivity contribution in [2.45, 2.75) is 27.3 Å². The number of pyridine rings is 1. The fraction of sp³-hybridized carbons (Fsp3) is 0.222. The molecular formula is C18H19N3O. The number of nitrogens with zero attached hydrogens (tertiary/aromatic N) is 2. The van der Waals surface area contributed by atoms with Crippen molar-refractivity contribution in [3.8, 4) is 0 Å². The Kier molecular flexibility index (Phi) is 3.67. The van der Waals surface area contributed by atoms with Gasteiger partial charge in [0, 0.05) is 18.0 Å². The zero-order valence-electron chi connectivity index (χ0n) is 13.1. The molecule has 2 aromatic heterocycles. The first-order chi connectivity index (χ1) is 10.5. The van der Waals surface area contributed by atoms with Crippen LogP contribution in [0.5, 0.6) is 0 Å². The summed E-state index contributed by atoms with van der Waals surface area (Å²) < 4.78 is 1.58. The molecule has 2 heterocycles. The lowest BCUT2D eigenvalue weighted by molar-refractivity contribution is 0.964. The summed E-state index contributed by atoms with van der Waals surface area (Å²) in [5.41, 5.74) is 5.95. The van der Waals surface area contributed by atoms with E-state index in [1.54, 1.807) is 10.5 Å². The van der Waals surface area contributed by atoms with E-state index in [-0.39, 0.29) is 5.56 Å². The van der Waals surface area contributed by atoms with E-state index < -0.39 is 0 Å². The van der Waals surface area contributed by atoms with Crippen LogP contribution in [0.25, 0.3) is 5.65 Å². The first kappa shape index (κ1) is 14.3. The van der Waals surface area contributed by atoms with Crippen LogP contribution >= 0.6 is 0 Å². The third kappa shape index (κ3) is 2.72. The molecule has 0 fully saturated rings. The molecule has 112 valence electrons. The maximum Gasteiger partial charge on any atom is 0.258 e. The Hall–Kier alpha value is -2.62. The van der Waals surface area contributed by atoms with Crippen LogP contribution < -0.4 is 10.9 Å². The fourth-order valence-corrected chi connectivity index (χ4v) is 2.48. The fourth-order valence-electron chi connectivity index (χ4n) is 2.48. The van der Waals surface area contributed by atoms with Gasteiger partial charge in [-0.2, -0.15) is 0 Å². The number of hydrogen-bond donors (Lipinski definition) is 1. The number of aryl methyl sites for hydroxylation is 2. The van der Waals surface area contributed by atoms with E-state index >= 15 is 0 Å². The molecule has 0 saturated carbocycles. The predicted octanol–water partition coefficient (Wildman–Crippen LogP) is 3.23. The summed E-state index contributed by atoms with van der Waals surface area (Å²) in [6.07, 6.45) is 1.81. The quantitative estimate of drug-likeness (QED) is 0.806. The summed E-state index contributed by atoms with van der Waals surface area (Å²) in [6, 6.07) is 11.6. The molecule has 1 N–H and O–H groups in total. The highest BCUT2D eigenvalue weighted by Gasteiger charge is 2.04. The minimum absolute atomic E-state index is 0.0496. The normalized spacial score (nSPS) is 10.9. The van der Waals surface area contributed by atoms with Gasteiger partial charge in [-0.25, -0.2) is 4.98 Å². The lowest BCUT2D eigenvalue weighted by Crippen LogP contribution is -2.17. The van der Waals surface area contributed by atoms with Gasteiger partial charge in [0.05, 0.1) is 12.2 Å². The van der Waals surface area contributed by atoms with Gasteiger partial charge in [-0.1, -0.05) is 18.2 Å². The lowest BCUT2D eigenvalue weighted by Gasteiger charge is -2.11. The maximum atomic E-state index is 12.2. The molecule has 4 heteroatoms. The molecule has 0 bridgehead atoms. The van der Waals surface area contributed by atoms with Gasteiger partial charge in [-0.3, -0.25) is 9.20 Å². The standard InChI is InChI=1S/C18H19N3O/c1-12-7-8-17-20-15(9-18(22)21(17)11-12)10-19-16-6-4-5-13(2)14(16)3/h4-9,11,19H,10H2,1-3H3. The summed E-state index contributed by atoms with van der Waals surface area (Å²) in [5, 5.41) is 3.36. The van der Waals surface area contributed by atoms with E-state index in [9.17, 15) is 4.79 Å². The summed E-state index contributed by atoms with van der Waals surface area (Å²) in [6.45, 7) is 6.67. The summed E-state index contributed by atoms with van der Waals surface area (Å²) in [7, 11) is 0. The highest BCUT2D eigenvalue weighted by molar-refractivity contribution is 5.54. The van der Waals surface area contributed by atoms with Crippen molar-refractivity contribution in [3.05, 3.63) is 75.3 Å². The van der Waals surface area contributed by atoms with Crippen LogP contribution in [-0.2, 0) is 6.54 Å². The Balaban J connectivity index is 1.90. The molecule has 0 spiro atoms. The van der Waals surface area contributed by atoms with Crippen molar-refractivity contribution in [2.75, 3.05) is 5.32 Å². The minimum Gasteiger partial charge on any atom is -0.379 e. The Morgan fingerprint density at radius 3 is 2.77 bits per heavy atom. The summed E-state index contributed by atoms with van der Waals surface area (Å²) >= 11 is 0. The zero-order chi connectivity index (χ0) is 15.7. The van der Waals surface area contributed by atoms with Gasteiger partial charge in [-0.15, -0.1) is 0 Å². The molecule has 22 heavy (non-hydrogen) atoms. The molecule has 0 radical (unpaired) electrons. The average Bonchev–Trinajstić information content (AvgIpc) is 2.49. The Labute approximate surface area is 129 Å². The van der Waals surface area contributed by atoms with Crippen molar-refractivity contribution in [3.63, 3.8) is 0 Å². The van der Waals surface area contributed by atoms with Gasteiger partial charge >= 0.3 is 0 Å². The van der Waals surface area contributed by atoms with E-state index in [1.807, 2.05) is 37.4 Å². The molecule has 1 aromatic carbocycles. The van der Waals surface area contributed by atoms with Crippen molar-refractivity contribution in [1.82, 2.24) is 9.38 Å². The van der Waals surface area contributed by atoms with Gasteiger partial charge in [0.2, 0.25) is 0 Å². The van der Waals surface area contributed by atoms with E-state index in [0.717, 1.165) is 16.9 Å². The molecule has 3 rings (SSSR count). The van der Waals surface area contributed by atoms with E-state index in [0.29, 0.717) is 12.2 Å². The molecule has 0 saturated heterocycles. The Bertz CT molecular complexity index is 896. The number of hydrogen-bond acceptors (Lipinski definition) is 3. The smallest absolute Gasteiger partial charge is 0.258 e. The molecule has 0 aliphatic heterocycles. The lowest BCUT2D eigenvalue weighted by atomic mass is 10.1. The molecule has 0 aliphatic carbocycles. The van der Waals surface area contributed by atoms with Gasteiger partial charge in [0.1, 0.15) is 5.65 Å². The van der Waals surface area contributed by atoms with Crippen LogP contribution in [0.15, 0.2) is 47.4 Å². The van der Waals surface area contributed by atoms with Gasteiger partial charge < -0.3 is 5.32 Å². The van der Waals surface area contributed by atoms with Gasteiger partial charge in [0.25, 0.3) is 5.56 Å². The van der Waals surface area contributed by atoms with E-state index in [4.69, 9.17) is 0 Å². The summed E-state index contributed by atoms with van der Waals surface area (Å²) in [5.74, 6) is 0. The predicted molar refractivity (Wildman–Crippen MR) is 89.4 cm³/mol. The number of fused-ring (bicyclic) bond motifs is 1. The minimum atomic E-state index is -0.0496. The number of anilines is 1. The van der Waals surface area contributed by atoms with Gasteiger partial charge in [-0.05, 0) is 49.6 Å². The van der Waals surface area contributed by atoms with Gasteiger partial charge in [0.15, 0.2) is 0 Å². The maximum absolute atomic E-state index is 12.2. The Morgan fingerprint density at radius 2 is 1.95 bits per heavy atom. The second-order valence-corrected chi connectivity index (χ2v) is 5.62. The molecule has 0 aliphatic rings. The van der Waals surface area contributed by atoms with Crippen LogP contribution in [0, 0.1) is 20.8 Å². The first-order valence-electron chi connectivity index (χ1n) is 7.33. The third-order valence-electron chi connectivity index (χ3n) is 3.93. The molecular weight excluding hydrogens is 274 g/mol. The van der Waals surface area contributed by atoms with Crippen LogP contribution in [-0.4, -0.2) is 9.38 Å². The van der Waals surface area contributed by atoms with Crippen LogP contribution in [0.3, 0.4) is 0 Å². The number of benzene rings is 1. The largest absolute Gasteiger partial charge is 0.379 e. The van der Waals surface area contributed by atoms with Crippen molar-refractivity contribution >= 4 is 11.3 Å². The van der Waals surface area contributed by atoms with Crippen LogP contribution in [0.4, 0.5) is 5.69 Å². The molecule has 4 nitrogen and oxygen atoms in total. The number of aromatic nitrogens is 2. The molecule has 3 aromatic rings. The first-order valence-corrected chi connectivity index (χ1v) is 7.33. The van der Waals surface area contributed by atoms with Crippen LogP contribution in [0.2, 0.25) is 0 Å². The third-order valence-corrected chi connectivity index (χ3v) is 3.93. The summed E-state index contributed by atoms with van der Waals surface area (Å²) in [4.78, 5) is 16.7. The average molecular weight is 293 g/mol. The van der Waals surface area contributed by atoms with Crippen molar-refractivity contribution in [2.24, 2.45) is 0 Å². The van der Waals surface area contributed by atoms with E-state index in [1.165, 1.54) is 11.1 Å². The highest BCUT2D eigenvalue weighted by atomic mass is 16.1. The van der Waals surface area contributed by atoms with Crippen LogP contribution in [0.1, 0.15) is 22.4 Å². The zero-order valence-corrected chi connectivity index (χ0v) is 13.1. The highest BCUT2D eigenvalue weighted by Crippen LogP contribution is 2.18. The van der Waals surface area contributed by atoms with Crippen molar-refractivity contribution < 1.29 is 0 Å². The number of nitrogens with one attached hydrogen (secondary N) is 1. The molecule has 0 amide bonds. The SMILES string of the molecule is Cc1ccc2nc(CNc3cccc(C)c3C)cc(=O)n2c1. The van der Waals surface area contributed by atoms with Crippen molar-refractivity contribution in [1.29, 1.82) is 0 Å². The van der Waals surface area contributed by atoms with E-state index in [2.05, 4.69) is 30.2 Å². The second-order valence-electron chi connectivity index (χ2n) is 5.62. The molecule has 0 unspecified atom stereocenters. The Morgan fingerprint density at radius 1 is 1.14 bits per heavy atom. The molecule has 0 atom stereocenters. The topological polar surface area (TPSA) is 46.4 Å². The number of rotatable bonds is 3. The second kappa shape index (κ2) is 5.64.